The van der Waals surface area contributed by atoms with Crippen molar-refractivity contribution >= 4 is 23.6 Å². The number of carbonyl (C=O) groups excluding carboxylic acids is 2. The Morgan fingerprint density at radius 2 is 1.81 bits per heavy atom. The van der Waals surface area contributed by atoms with Crippen molar-refractivity contribution in [1.82, 2.24) is 10.2 Å². The van der Waals surface area contributed by atoms with Crippen molar-refractivity contribution in [1.29, 1.82) is 0 Å². The molecule has 0 bridgehead atoms. The first kappa shape index (κ1) is 17.2. The van der Waals surface area contributed by atoms with E-state index in [1.165, 1.54) is 5.56 Å². The van der Waals surface area contributed by atoms with E-state index in [0.717, 1.165) is 24.8 Å². The molecule has 1 atom stereocenters. The summed E-state index contributed by atoms with van der Waals surface area (Å²) in [6, 6.07) is 18.3. The third-order valence-corrected chi connectivity index (χ3v) is 6.08. The molecule has 1 aliphatic heterocycles. The molecule has 5 heteroatoms. The first-order valence-electron chi connectivity index (χ1n) is 9.06. The maximum absolute atomic E-state index is 12.3. The normalized spacial score (nSPS) is 19.6. The lowest BCUT2D eigenvalue weighted by molar-refractivity contribution is -0.128. The highest BCUT2D eigenvalue weighted by Crippen LogP contribution is 2.38. The van der Waals surface area contributed by atoms with Gasteiger partial charge in [0.05, 0.1) is 5.75 Å². The summed E-state index contributed by atoms with van der Waals surface area (Å²) in [6.45, 7) is 0.713. The molecule has 2 fully saturated rings. The summed E-state index contributed by atoms with van der Waals surface area (Å²) >= 11 is 1.66. The van der Waals surface area contributed by atoms with Gasteiger partial charge in [0.25, 0.3) is 5.91 Å². The SMILES string of the molecule is O=C(NC1CC1)c1ccc([C@H]2SCC(=O)N2CCc2ccccc2)cc1. The molecule has 1 saturated carbocycles. The molecule has 2 amide bonds. The minimum atomic E-state index is -0.00450. The Kier molecular flexibility index (Phi) is 4.98. The first-order chi connectivity index (χ1) is 12.7. The van der Waals surface area contributed by atoms with Crippen molar-refractivity contribution in [3.63, 3.8) is 0 Å². The lowest BCUT2D eigenvalue weighted by Crippen LogP contribution is -2.30. The lowest BCUT2D eigenvalue weighted by Gasteiger charge is -2.24. The summed E-state index contributed by atoms with van der Waals surface area (Å²) in [6.07, 6.45) is 3.02. The van der Waals surface area contributed by atoms with Crippen LogP contribution in [0, 0.1) is 0 Å². The van der Waals surface area contributed by atoms with Gasteiger partial charge in [0.15, 0.2) is 0 Å². The Morgan fingerprint density at radius 3 is 2.50 bits per heavy atom. The van der Waals surface area contributed by atoms with Crippen molar-refractivity contribution in [2.75, 3.05) is 12.3 Å². The van der Waals surface area contributed by atoms with E-state index in [9.17, 15) is 9.59 Å². The Balaban J connectivity index is 1.43. The second-order valence-corrected chi connectivity index (χ2v) is 7.92. The Morgan fingerprint density at radius 1 is 1.08 bits per heavy atom. The van der Waals surface area contributed by atoms with Crippen molar-refractivity contribution in [2.45, 2.75) is 30.7 Å². The Bertz CT molecular complexity index is 787. The van der Waals surface area contributed by atoms with Gasteiger partial charge in [-0.2, -0.15) is 0 Å². The van der Waals surface area contributed by atoms with Gasteiger partial charge in [-0.3, -0.25) is 9.59 Å². The van der Waals surface area contributed by atoms with Gasteiger partial charge < -0.3 is 10.2 Å². The van der Waals surface area contributed by atoms with Crippen LogP contribution >= 0.6 is 11.8 Å². The second-order valence-electron chi connectivity index (χ2n) is 6.86. The zero-order chi connectivity index (χ0) is 17.9. The quantitative estimate of drug-likeness (QED) is 0.852. The number of nitrogens with one attached hydrogen (secondary N) is 1. The minimum Gasteiger partial charge on any atom is -0.349 e. The van der Waals surface area contributed by atoms with Gasteiger partial charge in [-0.15, -0.1) is 11.8 Å². The van der Waals surface area contributed by atoms with Crippen molar-refractivity contribution < 1.29 is 9.59 Å². The average Bonchev–Trinajstić information content (AvgIpc) is 3.41. The summed E-state index contributed by atoms with van der Waals surface area (Å²) in [5.41, 5.74) is 3.01. The van der Waals surface area contributed by atoms with E-state index in [1.54, 1.807) is 11.8 Å². The molecule has 1 N–H and O–H groups in total. The average molecular weight is 366 g/mol. The molecule has 2 aromatic rings. The summed E-state index contributed by atoms with van der Waals surface area (Å²) < 4.78 is 0. The number of rotatable bonds is 6. The molecule has 0 unspecified atom stereocenters. The number of benzene rings is 2. The molecule has 26 heavy (non-hydrogen) atoms. The van der Waals surface area contributed by atoms with Gasteiger partial charge in [0, 0.05) is 18.2 Å². The molecule has 0 radical (unpaired) electrons. The van der Waals surface area contributed by atoms with Crippen LogP contribution in [0.4, 0.5) is 0 Å². The second kappa shape index (κ2) is 7.54. The van der Waals surface area contributed by atoms with Gasteiger partial charge in [0.1, 0.15) is 5.37 Å². The number of hydrogen-bond acceptors (Lipinski definition) is 3. The molecule has 2 aliphatic rings. The van der Waals surface area contributed by atoms with E-state index < -0.39 is 0 Å². The van der Waals surface area contributed by atoms with Gasteiger partial charge in [0.2, 0.25) is 5.91 Å². The largest absolute Gasteiger partial charge is 0.349 e. The molecule has 4 nitrogen and oxygen atoms in total. The summed E-state index contributed by atoms with van der Waals surface area (Å²) in [5.74, 6) is 0.699. The standard InChI is InChI=1S/C21H22N2O2S/c24-19-14-26-21(23(19)13-12-15-4-2-1-3-5-15)17-8-6-16(7-9-17)20(25)22-18-10-11-18/h1-9,18,21H,10-14H2,(H,22,25)/t21-/m1/s1. The molecule has 2 aromatic carbocycles. The van der Waals surface area contributed by atoms with Crippen LogP contribution in [-0.4, -0.2) is 35.1 Å². The summed E-state index contributed by atoms with van der Waals surface area (Å²) in [7, 11) is 0. The van der Waals surface area contributed by atoms with Crippen LogP contribution in [0.25, 0.3) is 0 Å². The van der Waals surface area contributed by atoms with Crippen molar-refractivity contribution in [3.05, 3.63) is 71.3 Å². The molecule has 0 aromatic heterocycles. The molecule has 0 spiro atoms. The smallest absolute Gasteiger partial charge is 0.251 e. The van der Waals surface area contributed by atoms with Crippen molar-refractivity contribution in [3.8, 4) is 0 Å². The topological polar surface area (TPSA) is 49.4 Å². The summed E-state index contributed by atoms with van der Waals surface area (Å²) in [4.78, 5) is 26.4. The summed E-state index contributed by atoms with van der Waals surface area (Å²) in [5, 5.41) is 3.04. The third kappa shape index (κ3) is 3.93. The van der Waals surface area contributed by atoms with Crippen LogP contribution in [0.1, 0.15) is 39.7 Å². The fraction of sp³-hybridized carbons (Fsp3) is 0.333. The predicted octanol–water partition coefficient (Wildman–Crippen LogP) is 3.40. The zero-order valence-corrected chi connectivity index (χ0v) is 15.4. The molecule has 1 heterocycles. The highest BCUT2D eigenvalue weighted by Gasteiger charge is 2.32. The van der Waals surface area contributed by atoms with E-state index in [4.69, 9.17) is 0 Å². The zero-order valence-electron chi connectivity index (χ0n) is 14.6. The number of hydrogen-bond donors (Lipinski definition) is 1. The molecular formula is C21H22N2O2S. The number of nitrogens with zero attached hydrogens (tertiary/aromatic N) is 1. The van der Waals surface area contributed by atoms with E-state index in [0.29, 0.717) is 23.9 Å². The van der Waals surface area contributed by atoms with E-state index in [2.05, 4.69) is 17.4 Å². The fourth-order valence-electron chi connectivity index (χ4n) is 3.16. The Hall–Kier alpha value is -2.27. The van der Waals surface area contributed by atoms with Gasteiger partial charge in [-0.05, 0) is 42.5 Å². The molecular weight excluding hydrogens is 344 g/mol. The van der Waals surface area contributed by atoms with Crippen LogP contribution < -0.4 is 5.32 Å². The van der Waals surface area contributed by atoms with Gasteiger partial charge in [-0.25, -0.2) is 0 Å². The molecule has 1 saturated heterocycles. The molecule has 4 rings (SSSR count). The highest BCUT2D eigenvalue weighted by atomic mass is 32.2. The third-order valence-electron chi connectivity index (χ3n) is 4.82. The van der Waals surface area contributed by atoms with Crippen LogP contribution in [-0.2, 0) is 11.2 Å². The van der Waals surface area contributed by atoms with Gasteiger partial charge >= 0.3 is 0 Å². The fourth-order valence-corrected chi connectivity index (χ4v) is 4.38. The van der Waals surface area contributed by atoms with E-state index in [-0.39, 0.29) is 17.2 Å². The maximum Gasteiger partial charge on any atom is 0.251 e. The van der Waals surface area contributed by atoms with Crippen molar-refractivity contribution in [2.24, 2.45) is 0 Å². The van der Waals surface area contributed by atoms with E-state index in [1.807, 2.05) is 47.4 Å². The van der Waals surface area contributed by atoms with Crippen LogP contribution in [0.3, 0.4) is 0 Å². The monoisotopic (exact) mass is 366 g/mol. The minimum absolute atomic E-state index is 0.00450. The van der Waals surface area contributed by atoms with Crippen LogP contribution in [0.15, 0.2) is 54.6 Å². The first-order valence-corrected chi connectivity index (χ1v) is 10.1. The lowest BCUT2D eigenvalue weighted by atomic mass is 10.1. The van der Waals surface area contributed by atoms with Crippen LogP contribution in [0.5, 0.6) is 0 Å². The number of thioether (sulfide) groups is 1. The highest BCUT2D eigenvalue weighted by molar-refractivity contribution is 8.00. The van der Waals surface area contributed by atoms with Gasteiger partial charge in [-0.1, -0.05) is 42.5 Å². The maximum atomic E-state index is 12.3. The number of amides is 2. The van der Waals surface area contributed by atoms with E-state index >= 15 is 0 Å². The predicted molar refractivity (Wildman–Crippen MR) is 104 cm³/mol. The number of carbonyl (C=O) groups is 2. The Labute approximate surface area is 158 Å². The molecule has 134 valence electrons. The molecule has 1 aliphatic carbocycles. The van der Waals surface area contributed by atoms with Crippen LogP contribution in [0.2, 0.25) is 0 Å².